The van der Waals surface area contributed by atoms with E-state index in [-0.39, 0.29) is 23.9 Å². The maximum absolute atomic E-state index is 13.4. The highest BCUT2D eigenvalue weighted by Gasteiger charge is 2.37. The smallest absolute Gasteiger partial charge is 0.240 e. The van der Waals surface area contributed by atoms with Crippen molar-refractivity contribution in [3.63, 3.8) is 0 Å². The third-order valence-corrected chi connectivity index (χ3v) is 7.32. The highest BCUT2D eigenvalue weighted by Crippen LogP contribution is 2.33. The van der Waals surface area contributed by atoms with Gasteiger partial charge in [0.15, 0.2) is 0 Å². The number of hydrogen-bond donors (Lipinski definition) is 2. The molecule has 4 rings (SSSR count). The lowest BCUT2D eigenvalue weighted by atomic mass is 9.91. The van der Waals surface area contributed by atoms with E-state index in [2.05, 4.69) is 30.1 Å². The van der Waals surface area contributed by atoms with Gasteiger partial charge in [-0.2, -0.15) is 0 Å². The summed E-state index contributed by atoms with van der Waals surface area (Å²) < 4.78 is 0. The second-order valence-corrected chi connectivity index (χ2v) is 10.5. The molecular weight excluding hydrogens is 455 g/mol. The summed E-state index contributed by atoms with van der Waals surface area (Å²) in [5, 5.41) is 4.87. The molecule has 1 amide bonds. The zero-order chi connectivity index (χ0) is 23.5. The molecule has 0 aromatic heterocycles. The Labute approximate surface area is 207 Å². The Hall–Kier alpha value is -1.79. The average molecular weight is 489 g/mol. The van der Waals surface area contributed by atoms with Gasteiger partial charge in [-0.1, -0.05) is 49.2 Å². The number of carbonyl (C=O) groups excluding carboxylic acids is 1. The molecule has 7 heteroatoms. The zero-order valence-corrected chi connectivity index (χ0v) is 20.9. The molecule has 178 valence electrons. The first-order chi connectivity index (χ1) is 15.8. The van der Waals surface area contributed by atoms with E-state index in [9.17, 15) is 4.79 Å². The minimum Gasteiger partial charge on any atom is -0.368 e. The fraction of sp³-hybridized carbons (Fsp3) is 0.500. The number of amides is 1. The number of rotatable bonds is 6. The lowest BCUT2D eigenvalue weighted by molar-refractivity contribution is -0.133. The average Bonchev–Trinajstić information content (AvgIpc) is 3.28. The van der Waals surface area contributed by atoms with Crippen LogP contribution in [0.4, 0.5) is 5.69 Å². The van der Waals surface area contributed by atoms with Crippen LogP contribution in [0.1, 0.15) is 49.8 Å². The van der Waals surface area contributed by atoms with Crippen molar-refractivity contribution < 1.29 is 4.79 Å². The standard InChI is InChI=1S/C26H34Cl2N4O/c1-17(2)15-23(29)22-16-20(28)7-8-24(22)31-11-13-32(14-12-31)26(33)25-21(9-10-30-25)18-3-5-19(27)6-4-18/h3-8,16-17,21,23,25,30H,9-15,29H2,1-2H3/t21?,23-,25?/m0/s1. The molecule has 5 nitrogen and oxygen atoms in total. The van der Waals surface area contributed by atoms with Gasteiger partial charge < -0.3 is 20.9 Å². The van der Waals surface area contributed by atoms with Crippen LogP contribution in [0, 0.1) is 5.92 Å². The molecule has 0 bridgehead atoms. The van der Waals surface area contributed by atoms with Crippen molar-refractivity contribution in [2.24, 2.45) is 11.7 Å². The van der Waals surface area contributed by atoms with Gasteiger partial charge in [-0.25, -0.2) is 0 Å². The van der Waals surface area contributed by atoms with Crippen LogP contribution in [-0.2, 0) is 4.79 Å². The van der Waals surface area contributed by atoms with Crippen LogP contribution in [0.15, 0.2) is 42.5 Å². The van der Waals surface area contributed by atoms with E-state index in [4.69, 9.17) is 28.9 Å². The van der Waals surface area contributed by atoms with Crippen LogP contribution >= 0.6 is 23.2 Å². The Morgan fingerprint density at radius 1 is 1.06 bits per heavy atom. The van der Waals surface area contributed by atoms with Crippen molar-refractivity contribution in [3.05, 3.63) is 63.6 Å². The molecular formula is C26H34Cl2N4O. The second-order valence-electron chi connectivity index (χ2n) is 9.63. The fourth-order valence-corrected chi connectivity index (χ4v) is 5.45. The molecule has 33 heavy (non-hydrogen) atoms. The van der Waals surface area contributed by atoms with Crippen molar-refractivity contribution in [2.75, 3.05) is 37.6 Å². The number of benzene rings is 2. The van der Waals surface area contributed by atoms with E-state index in [0.717, 1.165) is 48.7 Å². The normalized spacial score (nSPS) is 22.1. The Morgan fingerprint density at radius 2 is 1.73 bits per heavy atom. The highest BCUT2D eigenvalue weighted by atomic mass is 35.5. The zero-order valence-electron chi connectivity index (χ0n) is 19.4. The summed E-state index contributed by atoms with van der Waals surface area (Å²) >= 11 is 12.4. The summed E-state index contributed by atoms with van der Waals surface area (Å²) in [4.78, 5) is 17.8. The van der Waals surface area contributed by atoms with Crippen molar-refractivity contribution in [3.8, 4) is 0 Å². The number of halogens is 2. The summed E-state index contributed by atoms with van der Waals surface area (Å²) in [6.45, 7) is 8.19. The van der Waals surface area contributed by atoms with Gasteiger partial charge in [0.25, 0.3) is 0 Å². The van der Waals surface area contributed by atoms with Crippen molar-refractivity contribution >= 4 is 34.8 Å². The van der Waals surface area contributed by atoms with Gasteiger partial charge in [0.1, 0.15) is 0 Å². The van der Waals surface area contributed by atoms with Crippen molar-refractivity contribution in [1.29, 1.82) is 0 Å². The molecule has 2 aliphatic rings. The van der Waals surface area contributed by atoms with Crippen molar-refractivity contribution in [1.82, 2.24) is 10.2 Å². The van der Waals surface area contributed by atoms with Gasteiger partial charge in [-0.15, -0.1) is 0 Å². The molecule has 2 fully saturated rings. The van der Waals surface area contributed by atoms with E-state index in [1.54, 1.807) is 0 Å². The SMILES string of the molecule is CC(C)C[C@H](N)c1cc(Cl)ccc1N1CCN(C(=O)C2NCCC2c2ccc(Cl)cc2)CC1. The molecule has 2 heterocycles. The fourth-order valence-electron chi connectivity index (χ4n) is 5.14. The third kappa shape index (κ3) is 5.65. The van der Waals surface area contributed by atoms with E-state index in [1.165, 1.54) is 5.56 Å². The molecule has 0 aliphatic carbocycles. The second kappa shape index (κ2) is 10.6. The number of carbonyl (C=O) groups is 1. The van der Waals surface area contributed by atoms with Crippen LogP contribution in [0.2, 0.25) is 10.0 Å². The first-order valence-corrected chi connectivity index (χ1v) is 12.7. The summed E-state index contributed by atoms with van der Waals surface area (Å²) in [6.07, 6.45) is 1.87. The molecule has 2 aromatic carbocycles. The van der Waals surface area contributed by atoms with E-state index in [0.29, 0.717) is 24.0 Å². The molecule has 2 unspecified atom stereocenters. The Kier molecular flexibility index (Phi) is 7.85. The number of piperazine rings is 1. The quantitative estimate of drug-likeness (QED) is 0.610. The molecule has 0 radical (unpaired) electrons. The molecule has 2 aromatic rings. The first-order valence-electron chi connectivity index (χ1n) is 11.9. The van der Waals surface area contributed by atoms with Crippen LogP contribution < -0.4 is 16.0 Å². The Balaban J connectivity index is 1.43. The largest absolute Gasteiger partial charge is 0.368 e. The predicted octanol–water partition coefficient (Wildman–Crippen LogP) is 4.83. The van der Waals surface area contributed by atoms with Gasteiger partial charge in [0, 0.05) is 53.9 Å². The summed E-state index contributed by atoms with van der Waals surface area (Å²) in [6, 6.07) is 13.7. The molecule has 2 aliphatic heterocycles. The molecule has 3 atom stereocenters. The number of nitrogens with zero attached hydrogens (tertiary/aromatic N) is 2. The predicted molar refractivity (Wildman–Crippen MR) is 137 cm³/mol. The minimum absolute atomic E-state index is 0.0545. The van der Waals surface area contributed by atoms with Crippen LogP contribution in [0.3, 0.4) is 0 Å². The van der Waals surface area contributed by atoms with Crippen LogP contribution in [0.5, 0.6) is 0 Å². The topological polar surface area (TPSA) is 61.6 Å². The van der Waals surface area contributed by atoms with E-state index in [1.807, 2.05) is 41.3 Å². The molecule has 0 spiro atoms. The number of nitrogens with one attached hydrogen (secondary N) is 1. The van der Waals surface area contributed by atoms with Gasteiger partial charge in [0.2, 0.25) is 5.91 Å². The lowest BCUT2D eigenvalue weighted by Crippen LogP contribution is -2.54. The van der Waals surface area contributed by atoms with E-state index >= 15 is 0 Å². The number of anilines is 1. The highest BCUT2D eigenvalue weighted by molar-refractivity contribution is 6.31. The molecule has 3 N–H and O–H groups in total. The number of nitrogens with two attached hydrogens (primary N) is 1. The Morgan fingerprint density at radius 3 is 2.39 bits per heavy atom. The van der Waals surface area contributed by atoms with Crippen LogP contribution in [-0.4, -0.2) is 49.6 Å². The van der Waals surface area contributed by atoms with Gasteiger partial charge in [-0.05, 0) is 66.8 Å². The summed E-state index contributed by atoms with van der Waals surface area (Å²) in [5.41, 5.74) is 9.95. The lowest BCUT2D eigenvalue weighted by Gasteiger charge is -2.39. The minimum atomic E-state index is -0.178. The molecule has 2 saturated heterocycles. The van der Waals surface area contributed by atoms with Gasteiger partial charge in [-0.3, -0.25) is 4.79 Å². The first kappa shape index (κ1) is 24.3. The van der Waals surface area contributed by atoms with Gasteiger partial charge >= 0.3 is 0 Å². The molecule has 0 saturated carbocycles. The monoisotopic (exact) mass is 488 g/mol. The summed E-state index contributed by atoms with van der Waals surface area (Å²) in [7, 11) is 0. The number of hydrogen-bond acceptors (Lipinski definition) is 4. The van der Waals surface area contributed by atoms with Crippen molar-refractivity contribution in [2.45, 2.75) is 44.7 Å². The maximum atomic E-state index is 13.4. The maximum Gasteiger partial charge on any atom is 0.240 e. The van der Waals surface area contributed by atoms with Gasteiger partial charge in [0.05, 0.1) is 6.04 Å². The Bertz CT molecular complexity index is 957. The summed E-state index contributed by atoms with van der Waals surface area (Å²) in [5.74, 6) is 0.887. The van der Waals surface area contributed by atoms with E-state index < -0.39 is 0 Å². The third-order valence-electron chi connectivity index (χ3n) is 6.83. The van der Waals surface area contributed by atoms with Crippen LogP contribution in [0.25, 0.3) is 0 Å².